The maximum atomic E-state index is 12.6. The zero-order valence-electron chi connectivity index (χ0n) is 13.5. The average Bonchev–Trinajstić information content (AvgIpc) is 2.89. The van der Waals surface area contributed by atoms with E-state index >= 15 is 0 Å². The van der Waals surface area contributed by atoms with Gasteiger partial charge in [-0.2, -0.15) is 0 Å². The number of halogens is 1. The third-order valence-electron chi connectivity index (χ3n) is 4.09. The fourth-order valence-electron chi connectivity index (χ4n) is 2.98. The van der Waals surface area contributed by atoms with Gasteiger partial charge in [0.15, 0.2) is 0 Å². The van der Waals surface area contributed by atoms with Gasteiger partial charge in [0.2, 0.25) is 0 Å². The Hall–Kier alpha value is -2.33. The molecule has 24 heavy (non-hydrogen) atoms. The Morgan fingerprint density at radius 1 is 1.25 bits per heavy atom. The second kappa shape index (κ2) is 7.05. The lowest BCUT2D eigenvalue weighted by Crippen LogP contribution is -2.28. The van der Waals surface area contributed by atoms with Crippen molar-refractivity contribution in [3.8, 4) is 0 Å². The SMILES string of the molecule is CCCN1Cc2cccc(C(=O)NCc3cccc(Cl)c3)c2C1=O. The van der Waals surface area contributed by atoms with Gasteiger partial charge in [-0.3, -0.25) is 9.59 Å². The summed E-state index contributed by atoms with van der Waals surface area (Å²) >= 11 is 5.96. The fourth-order valence-corrected chi connectivity index (χ4v) is 3.20. The van der Waals surface area contributed by atoms with Gasteiger partial charge in [0.05, 0.1) is 11.1 Å². The van der Waals surface area contributed by atoms with Crippen molar-refractivity contribution in [2.24, 2.45) is 0 Å². The van der Waals surface area contributed by atoms with Crippen LogP contribution in [0.1, 0.15) is 45.2 Å². The fraction of sp³-hybridized carbons (Fsp3) is 0.263. The van der Waals surface area contributed by atoms with Crippen LogP contribution in [-0.2, 0) is 13.1 Å². The number of hydrogen-bond donors (Lipinski definition) is 1. The summed E-state index contributed by atoms with van der Waals surface area (Å²) in [6.07, 6.45) is 0.899. The summed E-state index contributed by atoms with van der Waals surface area (Å²) in [6, 6.07) is 12.8. The second-order valence-corrected chi connectivity index (χ2v) is 6.32. The number of amides is 2. The van der Waals surface area contributed by atoms with Crippen LogP contribution in [0.15, 0.2) is 42.5 Å². The minimum atomic E-state index is -0.237. The quantitative estimate of drug-likeness (QED) is 0.902. The van der Waals surface area contributed by atoms with Crippen LogP contribution in [0.25, 0.3) is 0 Å². The van der Waals surface area contributed by atoms with E-state index in [9.17, 15) is 9.59 Å². The van der Waals surface area contributed by atoms with Crippen LogP contribution in [-0.4, -0.2) is 23.3 Å². The second-order valence-electron chi connectivity index (χ2n) is 5.88. The number of rotatable bonds is 5. The summed E-state index contributed by atoms with van der Waals surface area (Å²) < 4.78 is 0. The lowest BCUT2D eigenvalue weighted by atomic mass is 10.0. The van der Waals surface area contributed by atoms with Crippen LogP contribution in [0.5, 0.6) is 0 Å². The molecule has 0 aromatic heterocycles. The molecule has 5 heteroatoms. The van der Waals surface area contributed by atoms with Gasteiger partial charge in [0, 0.05) is 24.7 Å². The average molecular weight is 343 g/mol. The van der Waals surface area contributed by atoms with Crippen molar-refractivity contribution >= 4 is 23.4 Å². The van der Waals surface area contributed by atoms with E-state index in [4.69, 9.17) is 11.6 Å². The first-order valence-corrected chi connectivity index (χ1v) is 8.41. The highest BCUT2D eigenvalue weighted by Crippen LogP contribution is 2.26. The lowest BCUT2D eigenvalue weighted by Gasteiger charge is -2.14. The lowest BCUT2D eigenvalue weighted by molar-refractivity contribution is 0.0773. The minimum absolute atomic E-state index is 0.0552. The first-order valence-electron chi connectivity index (χ1n) is 8.04. The van der Waals surface area contributed by atoms with Crippen molar-refractivity contribution in [2.45, 2.75) is 26.4 Å². The molecule has 0 spiro atoms. The van der Waals surface area contributed by atoms with Crippen LogP contribution in [0.3, 0.4) is 0 Å². The summed E-state index contributed by atoms with van der Waals surface area (Å²) in [7, 11) is 0. The number of fused-ring (bicyclic) bond motifs is 1. The molecular weight excluding hydrogens is 324 g/mol. The van der Waals surface area contributed by atoms with Gasteiger partial charge >= 0.3 is 0 Å². The first kappa shape index (κ1) is 16.5. The molecule has 1 N–H and O–H groups in total. The summed E-state index contributed by atoms with van der Waals surface area (Å²) in [4.78, 5) is 26.9. The monoisotopic (exact) mass is 342 g/mol. The van der Waals surface area contributed by atoms with E-state index < -0.39 is 0 Å². The third kappa shape index (κ3) is 3.29. The van der Waals surface area contributed by atoms with Crippen LogP contribution < -0.4 is 5.32 Å². The Bertz CT molecular complexity index is 789. The van der Waals surface area contributed by atoms with Crippen LogP contribution >= 0.6 is 11.6 Å². The third-order valence-corrected chi connectivity index (χ3v) is 4.33. The smallest absolute Gasteiger partial charge is 0.255 e. The van der Waals surface area contributed by atoms with Crippen LogP contribution in [0.2, 0.25) is 5.02 Å². The molecular formula is C19H19ClN2O2. The van der Waals surface area contributed by atoms with Gasteiger partial charge in [-0.05, 0) is 35.7 Å². The molecule has 0 unspecified atom stereocenters. The zero-order chi connectivity index (χ0) is 17.1. The molecule has 1 aliphatic rings. The molecule has 1 heterocycles. The van der Waals surface area contributed by atoms with Gasteiger partial charge in [0.1, 0.15) is 0 Å². The van der Waals surface area contributed by atoms with E-state index in [1.54, 1.807) is 17.0 Å². The van der Waals surface area contributed by atoms with E-state index in [1.807, 2.05) is 37.3 Å². The molecule has 0 fully saturated rings. The number of carbonyl (C=O) groups excluding carboxylic acids is 2. The van der Waals surface area contributed by atoms with Crippen LogP contribution in [0, 0.1) is 0 Å². The molecule has 124 valence electrons. The highest BCUT2D eigenvalue weighted by atomic mass is 35.5. The largest absolute Gasteiger partial charge is 0.348 e. The molecule has 0 aliphatic carbocycles. The number of benzene rings is 2. The predicted octanol–water partition coefficient (Wildman–Crippen LogP) is 3.64. The molecule has 4 nitrogen and oxygen atoms in total. The van der Waals surface area contributed by atoms with E-state index in [0.717, 1.165) is 17.5 Å². The van der Waals surface area contributed by atoms with E-state index in [-0.39, 0.29) is 11.8 Å². The molecule has 2 aromatic rings. The molecule has 2 aromatic carbocycles. The van der Waals surface area contributed by atoms with Gasteiger partial charge < -0.3 is 10.2 Å². The Kier molecular flexibility index (Phi) is 4.86. The molecule has 0 saturated heterocycles. The Labute approximate surface area is 146 Å². The van der Waals surface area contributed by atoms with Crippen molar-refractivity contribution < 1.29 is 9.59 Å². The topological polar surface area (TPSA) is 49.4 Å². The molecule has 3 rings (SSSR count). The molecule has 0 atom stereocenters. The van der Waals surface area contributed by atoms with E-state index in [2.05, 4.69) is 5.32 Å². The standard InChI is InChI=1S/C19H19ClN2O2/c1-2-9-22-12-14-6-4-8-16(17(14)19(22)24)18(23)21-11-13-5-3-7-15(20)10-13/h3-8,10H,2,9,11-12H2,1H3,(H,21,23). The van der Waals surface area contributed by atoms with Gasteiger partial charge in [-0.15, -0.1) is 0 Å². The highest BCUT2D eigenvalue weighted by Gasteiger charge is 2.30. The minimum Gasteiger partial charge on any atom is -0.348 e. The Balaban J connectivity index is 1.78. The normalized spacial score (nSPS) is 13.1. The van der Waals surface area contributed by atoms with Crippen molar-refractivity contribution in [3.05, 3.63) is 69.7 Å². The Morgan fingerprint density at radius 2 is 2.04 bits per heavy atom. The first-order chi connectivity index (χ1) is 11.6. The summed E-state index contributed by atoms with van der Waals surface area (Å²) in [5.74, 6) is -0.293. The molecule has 0 radical (unpaired) electrons. The van der Waals surface area contributed by atoms with Crippen molar-refractivity contribution in [3.63, 3.8) is 0 Å². The van der Waals surface area contributed by atoms with E-state index in [0.29, 0.717) is 35.8 Å². The summed E-state index contributed by atoms with van der Waals surface area (Å²) in [5.41, 5.74) is 2.82. The van der Waals surface area contributed by atoms with E-state index in [1.165, 1.54) is 0 Å². The maximum absolute atomic E-state index is 12.6. The van der Waals surface area contributed by atoms with Gasteiger partial charge in [0.25, 0.3) is 11.8 Å². The molecule has 1 aliphatic heterocycles. The van der Waals surface area contributed by atoms with Crippen LogP contribution in [0.4, 0.5) is 0 Å². The van der Waals surface area contributed by atoms with Crippen molar-refractivity contribution in [2.75, 3.05) is 6.54 Å². The number of nitrogens with one attached hydrogen (secondary N) is 1. The van der Waals surface area contributed by atoms with Gasteiger partial charge in [-0.1, -0.05) is 42.8 Å². The molecule has 0 saturated carbocycles. The maximum Gasteiger partial charge on any atom is 0.255 e. The number of carbonyl (C=O) groups is 2. The molecule has 2 amide bonds. The highest BCUT2D eigenvalue weighted by molar-refractivity contribution is 6.30. The number of hydrogen-bond acceptors (Lipinski definition) is 2. The summed E-state index contributed by atoms with van der Waals surface area (Å²) in [6.45, 7) is 3.69. The van der Waals surface area contributed by atoms with Gasteiger partial charge in [-0.25, -0.2) is 0 Å². The summed E-state index contributed by atoms with van der Waals surface area (Å²) in [5, 5.41) is 3.50. The van der Waals surface area contributed by atoms with Crippen molar-refractivity contribution in [1.29, 1.82) is 0 Å². The Morgan fingerprint density at radius 3 is 2.79 bits per heavy atom. The van der Waals surface area contributed by atoms with Crippen molar-refractivity contribution in [1.82, 2.24) is 10.2 Å². The molecule has 0 bridgehead atoms. The zero-order valence-corrected chi connectivity index (χ0v) is 14.3. The number of nitrogens with zero attached hydrogens (tertiary/aromatic N) is 1. The predicted molar refractivity (Wildman–Crippen MR) is 94.1 cm³/mol.